The van der Waals surface area contributed by atoms with Crippen molar-refractivity contribution in [2.75, 3.05) is 24.5 Å². The van der Waals surface area contributed by atoms with E-state index in [9.17, 15) is 0 Å². The van der Waals surface area contributed by atoms with Crippen LogP contribution >= 0.6 is 0 Å². The highest BCUT2D eigenvalue weighted by Crippen LogP contribution is 2.16. The van der Waals surface area contributed by atoms with Crippen molar-refractivity contribution in [2.24, 2.45) is 0 Å². The van der Waals surface area contributed by atoms with Gasteiger partial charge >= 0.3 is 0 Å². The minimum Gasteiger partial charge on any atom is -0.338 e. The van der Waals surface area contributed by atoms with Gasteiger partial charge in [-0.15, -0.1) is 0 Å². The Hall–Kier alpha value is -1.16. The van der Waals surface area contributed by atoms with Crippen molar-refractivity contribution < 1.29 is 0 Å². The van der Waals surface area contributed by atoms with Crippen LogP contribution in [0.4, 0.5) is 5.95 Å². The lowest BCUT2D eigenvalue weighted by molar-refractivity contribution is 0.147. The van der Waals surface area contributed by atoms with Crippen LogP contribution in [0.1, 0.15) is 40.3 Å². The molecule has 4 heteroatoms. The molecular formula is C15H28N4. The average molecular weight is 264 g/mol. The van der Waals surface area contributed by atoms with Gasteiger partial charge in [0.1, 0.15) is 0 Å². The molecule has 0 spiro atoms. The van der Waals surface area contributed by atoms with Gasteiger partial charge in [0.05, 0.1) is 0 Å². The van der Waals surface area contributed by atoms with Gasteiger partial charge in [-0.1, -0.05) is 13.8 Å². The second kappa shape index (κ2) is 7.43. The van der Waals surface area contributed by atoms with Gasteiger partial charge in [-0.25, -0.2) is 9.97 Å². The van der Waals surface area contributed by atoms with E-state index in [2.05, 4.69) is 40.5 Å². The highest BCUT2D eigenvalue weighted by atomic mass is 15.3. The van der Waals surface area contributed by atoms with Gasteiger partial charge < -0.3 is 4.90 Å². The van der Waals surface area contributed by atoms with Crippen LogP contribution in [0, 0.1) is 6.92 Å². The smallest absolute Gasteiger partial charge is 0.225 e. The van der Waals surface area contributed by atoms with E-state index < -0.39 is 0 Å². The lowest BCUT2D eigenvalue weighted by Crippen LogP contribution is -2.54. The number of aryl methyl sites for hydroxylation is 1. The molecule has 1 aliphatic heterocycles. The zero-order valence-corrected chi connectivity index (χ0v) is 13.2. The number of rotatable bonds is 2. The first kappa shape index (κ1) is 15.9. The fourth-order valence-electron chi connectivity index (χ4n) is 2.51. The van der Waals surface area contributed by atoms with Crippen LogP contribution in [-0.4, -0.2) is 46.6 Å². The van der Waals surface area contributed by atoms with E-state index in [-0.39, 0.29) is 0 Å². The molecule has 0 radical (unpaired) electrons. The van der Waals surface area contributed by atoms with Crippen LogP contribution in [0.15, 0.2) is 12.3 Å². The molecule has 1 aliphatic rings. The van der Waals surface area contributed by atoms with Crippen molar-refractivity contribution in [2.45, 2.75) is 53.6 Å². The molecule has 1 aromatic heterocycles. The van der Waals surface area contributed by atoms with Gasteiger partial charge in [-0.2, -0.15) is 0 Å². The summed E-state index contributed by atoms with van der Waals surface area (Å²) in [6.07, 6.45) is 1.84. The molecule has 1 saturated heterocycles. The van der Waals surface area contributed by atoms with Crippen LogP contribution in [0.3, 0.4) is 0 Å². The highest BCUT2D eigenvalue weighted by Gasteiger charge is 2.26. The zero-order valence-electron chi connectivity index (χ0n) is 13.2. The van der Waals surface area contributed by atoms with Gasteiger partial charge in [0.25, 0.3) is 0 Å². The first-order valence-electron chi connectivity index (χ1n) is 7.38. The van der Waals surface area contributed by atoms with Gasteiger partial charge in [-0.05, 0) is 33.8 Å². The van der Waals surface area contributed by atoms with Crippen molar-refractivity contribution in [1.29, 1.82) is 0 Å². The van der Waals surface area contributed by atoms with Crippen LogP contribution < -0.4 is 4.90 Å². The molecule has 0 amide bonds. The van der Waals surface area contributed by atoms with Gasteiger partial charge in [0.2, 0.25) is 5.95 Å². The van der Waals surface area contributed by atoms with Crippen molar-refractivity contribution in [1.82, 2.24) is 14.9 Å². The topological polar surface area (TPSA) is 32.3 Å². The second-order valence-electron chi connectivity index (χ2n) is 5.12. The molecule has 1 aromatic rings. The predicted molar refractivity (Wildman–Crippen MR) is 81.6 cm³/mol. The Bertz CT molecular complexity index is 378. The van der Waals surface area contributed by atoms with Gasteiger partial charge in [0.15, 0.2) is 0 Å². The normalized spacial score (nSPS) is 20.2. The molecule has 4 nitrogen and oxygen atoms in total. The van der Waals surface area contributed by atoms with E-state index in [1.54, 1.807) is 0 Å². The van der Waals surface area contributed by atoms with Crippen molar-refractivity contribution in [3.8, 4) is 0 Å². The molecule has 1 fully saturated rings. The summed E-state index contributed by atoms with van der Waals surface area (Å²) in [5.74, 6) is 0.875. The quantitative estimate of drug-likeness (QED) is 0.822. The van der Waals surface area contributed by atoms with Gasteiger partial charge in [-0.3, -0.25) is 4.90 Å². The minimum atomic E-state index is 0.563. The summed E-state index contributed by atoms with van der Waals surface area (Å²) in [6.45, 7) is 15.9. The minimum absolute atomic E-state index is 0.563. The largest absolute Gasteiger partial charge is 0.338 e. The molecule has 19 heavy (non-hydrogen) atoms. The van der Waals surface area contributed by atoms with E-state index in [0.717, 1.165) is 31.3 Å². The van der Waals surface area contributed by atoms with Crippen molar-refractivity contribution >= 4 is 5.95 Å². The standard InChI is InChI=1S/C13H22N4.C2H6/c1-10(2)17-8-7-16(9-12(17)4)13-14-6-5-11(3)15-13;1-2/h5-6,10,12H,7-9H2,1-4H3;1-2H3/t12-;/m0./s1. The first-order chi connectivity index (χ1) is 9.08. The molecule has 0 unspecified atom stereocenters. The second-order valence-corrected chi connectivity index (χ2v) is 5.12. The number of hydrogen-bond acceptors (Lipinski definition) is 4. The summed E-state index contributed by atoms with van der Waals surface area (Å²) >= 11 is 0. The Balaban J connectivity index is 0.000000861. The predicted octanol–water partition coefficient (Wildman–Crippen LogP) is 2.73. The van der Waals surface area contributed by atoms with Crippen molar-refractivity contribution in [3.63, 3.8) is 0 Å². The third-order valence-electron chi connectivity index (χ3n) is 3.41. The molecule has 0 saturated carbocycles. The fraction of sp³-hybridized carbons (Fsp3) is 0.733. The maximum Gasteiger partial charge on any atom is 0.225 e. The first-order valence-corrected chi connectivity index (χ1v) is 7.38. The number of nitrogens with zero attached hydrogens (tertiary/aromatic N) is 4. The molecular weight excluding hydrogens is 236 g/mol. The molecule has 0 bridgehead atoms. The van der Waals surface area contributed by atoms with E-state index >= 15 is 0 Å². The summed E-state index contributed by atoms with van der Waals surface area (Å²) < 4.78 is 0. The number of piperazine rings is 1. The van der Waals surface area contributed by atoms with Crippen molar-refractivity contribution in [3.05, 3.63) is 18.0 Å². The van der Waals surface area contributed by atoms with Crippen LogP contribution in [0.5, 0.6) is 0 Å². The summed E-state index contributed by atoms with van der Waals surface area (Å²) in [5.41, 5.74) is 1.04. The maximum atomic E-state index is 4.50. The Morgan fingerprint density at radius 2 is 1.95 bits per heavy atom. The number of aromatic nitrogens is 2. The van der Waals surface area contributed by atoms with E-state index in [0.29, 0.717) is 12.1 Å². The molecule has 0 aromatic carbocycles. The molecule has 0 N–H and O–H groups in total. The Kier molecular flexibility index (Phi) is 6.22. The number of anilines is 1. The summed E-state index contributed by atoms with van der Waals surface area (Å²) in [6, 6.07) is 3.12. The summed E-state index contributed by atoms with van der Waals surface area (Å²) in [4.78, 5) is 13.7. The molecule has 2 heterocycles. The number of hydrogen-bond donors (Lipinski definition) is 0. The molecule has 2 rings (SSSR count). The van der Waals surface area contributed by atoms with E-state index in [1.165, 1.54) is 0 Å². The molecule has 0 aliphatic carbocycles. The van der Waals surface area contributed by atoms with Gasteiger partial charge in [0, 0.05) is 43.6 Å². The van der Waals surface area contributed by atoms with Crippen LogP contribution in [0.25, 0.3) is 0 Å². The van der Waals surface area contributed by atoms with Crippen LogP contribution in [0.2, 0.25) is 0 Å². The molecule has 108 valence electrons. The van der Waals surface area contributed by atoms with E-state index in [4.69, 9.17) is 0 Å². The monoisotopic (exact) mass is 264 g/mol. The zero-order chi connectivity index (χ0) is 14.4. The van der Waals surface area contributed by atoms with Crippen LogP contribution in [-0.2, 0) is 0 Å². The summed E-state index contributed by atoms with van der Waals surface area (Å²) in [7, 11) is 0. The maximum absolute atomic E-state index is 4.50. The Morgan fingerprint density at radius 1 is 1.26 bits per heavy atom. The Morgan fingerprint density at radius 3 is 2.47 bits per heavy atom. The summed E-state index contributed by atoms with van der Waals surface area (Å²) in [5, 5.41) is 0. The third kappa shape index (κ3) is 4.16. The highest BCUT2D eigenvalue weighted by molar-refractivity contribution is 5.31. The third-order valence-corrected chi connectivity index (χ3v) is 3.41. The lowest BCUT2D eigenvalue weighted by atomic mass is 10.1. The lowest BCUT2D eigenvalue weighted by Gasteiger charge is -2.42. The Labute approximate surface area is 117 Å². The average Bonchev–Trinajstić information content (AvgIpc) is 2.40. The fourth-order valence-corrected chi connectivity index (χ4v) is 2.51. The molecule has 1 atom stereocenters. The van der Waals surface area contributed by atoms with E-state index in [1.807, 2.05) is 33.0 Å². The SMILES string of the molecule is CC.Cc1ccnc(N2CCN(C(C)C)[C@@H](C)C2)n1.